The van der Waals surface area contributed by atoms with Gasteiger partial charge in [0.25, 0.3) is 0 Å². The summed E-state index contributed by atoms with van der Waals surface area (Å²) in [6, 6.07) is 6.99. The Kier molecular flexibility index (Phi) is 5.16. The zero-order chi connectivity index (χ0) is 19.5. The van der Waals surface area contributed by atoms with Crippen molar-refractivity contribution in [2.45, 2.75) is 18.3 Å². The lowest BCUT2D eigenvalue weighted by atomic mass is 9.98. The summed E-state index contributed by atoms with van der Waals surface area (Å²) >= 11 is 6.54. The molecule has 0 saturated heterocycles. The smallest absolute Gasteiger partial charge is 0.219 e. The first-order chi connectivity index (χ1) is 13.7. The highest BCUT2D eigenvalue weighted by Gasteiger charge is 2.27. The fourth-order valence-corrected chi connectivity index (χ4v) is 3.29. The number of ether oxygens (including phenoxy) is 1. The van der Waals surface area contributed by atoms with Crippen LogP contribution in [0.3, 0.4) is 0 Å². The number of amidine groups is 1. The number of rotatable bonds is 6. The number of nitrogens with zero attached hydrogens (tertiary/aromatic N) is 4. The first-order valence-corrected chi connectivity index (χ1v) is 9.14. The number of allylic oxidation sites excluding steroid dienone is 1. The Morgan fingerprint density at radius 2 is 2.18 bits per heavy atom. The molecule has 6 nitrogen and oxygen atoms in total. The van der Waals surface area contributed by atoms with E-state index in [1.54, 1.807) is 43.9 Å². The van der Waals surface area contributed by atoms with Gasteiger partial charge in [-0.05, 0) is 17.7 Å². The number of methoxy groups -OCH3 is 1. The van der Waals surface area contributed by atoms with Crippen LogP contribution in [0.4, 0.5) is 10.2 Å². The molecule has 2 aromatic rings. The molecular formula is C20H17ClFN5O. The van der Waals surface area contributed by atoms with Gasteiger partial charge in [0.1, 0.15) is 5.82 Å². The standard InChI is InChI=1S/C20H17ClFN5O/c1-28-17-7-4-12(10-25-17)9-24-16-6-5-14(19(22)27-16)18(21)15-11-26-20-13(15)3-2-8-23-20/h3-8,10-11,18H,2,9H2,1H3,(H,24,27). The molecule has 28 heavy (non-hydrogen) atoms. The second-order valence-electron chi connectivity index (χ2n) is 6.20. The summed E-state index contributed by atoms with van der Waals surface area (Å²) in [6.45, 7) is 0.459. The van der Waals surface area contributed by atoms with Gasteiger partial charge in [-0.3, -0.25) is 0 Å². The highest BCUT2D eigenvalue weighted by molar-refractivity contribution is 6.25. The van der Waals surface area contributed by atoms with Gasteiger partial charge in [0.2, 0.25) is 11.8 Å². The first kappa shape index (κ1) is 18.3. The molecule has 2 aliphatic heterocycles. The predicted molar refractivity (Wildman–Crippen MR) is 108 cm³/mol. The van der Waals surface area contributed by atoms with Crippen molar-refractivity contribution in [1.29, 1.82) is 0 Å². The Balaban J connectivity index is 1.45. The summed E-state index contributed by atoms with van der Waals surface area (Å²) in [5, 5.41) is 2.39. The molecule has 0 saturated carbocycles. The van der Waals surface area contributed by atoms with Gasteiger partial charge in [0.15, 0.2) is 5.84 Å². The molecule has 2 aliphatic rings. The van der Waals surface area contributed by atoms with Crippen LogP contribution in [-0.2, 0) is 6.54 Å². The second-order valence-corrected chi connectivity index (χ2v) is 6.64. The third-order valence-electron chi connectivity index (χ3n) is 4.42. The number of fused-ring (bicyclic) bond motifs is 1. The van der Waals surface area contributed by atoms with E-state index < -0.39 is 11.3 Å². The maximum Gasteiger partial charge on any atom is 0.219 e. The van der Waals surface area contributed by atoms with Crippen LogP contribution in [0.5, 0.6) is 5.88 Å². The molecule has 0 bridgehead atoms. The van der Waals surface area contributed by atoms with E-state index in [0.717, 1.165) is 16.7 Å². The van der Waals surface area contributed by atoms with E-state index >= 15 is 0 Å². The topological polar surface area (TPSA) is 71.8 Å². The zero-order valence-electron chi connectivity index (χ0n) is 15.1. The number of dihydropyridines is 1. The zero-order valence-corrected chi connectivity index (χ0v) is 15.8. The molecule has 4 heterocycles. The summed E-state index contributed by atoms with van der Waals surface area (Å²) in [6.07, 6.45) is 7.81. The van der Waals surface area contributed by atoms with Gasteiger partial charge in [0, 0.05) is 54.4 Å². The lowest BCUT2D eigenvalue weighted by Crippen LogP contribution is -2.09. The van der Waals surface area contributed by atoms with Crippen molar-refractivity contribution in [2.75, 3.05) is 12.4 Å². The summed E-state index contributed by atoms with van der Waals surface area (Å²) in [5.41, 5.74) is 2.82. The molecule has 8 heteroatoms. The number of nitrogens with one attached hydrogen (secondary N) is 1. The summed E-state index contributed by atoms with van der Waals surface area (Å²) in [7, 11) is 1.56. The molecule has 142 valence electrons. The Morgan fingerprint density at radius 1 is 1.29 bits per heavy atom. The molecule has 4 rings (SSSR count). The fraction of sp³-hybridized carbons (Fsp3) is 0.200. The number of hydrogen-bond acceptors (Lipinski definition) is 6. The molecule has 0 spiro atoms. The van der Waals surface area contributed by atoms with Gasteiger partial charge in [-0.1, -0.05) is 12.1 Å². The highest BCUT2D eigenvalue weighted by atomic mass is 35.5. The minimum atomic E-state index is -0.687. The maximum absolute atomic E-state index is 14.6. The highest BCUT2D eigenvalue weighted by Crippen LogP contribution is 2.38. The first-order valence-electron chi connectivity index (χ1n) is 8.70. The fourth-order valence-electron chi connectivity index (χ4n) is 2.95. The Labute approximate surface area is 166 Å². The summed E-state index contributed by atoms with van der Waals surface area (Å²) < 4.78 is 19.7. The lowest BCUT2D eigenvalue weighted by molar-refractivity contribution is 0.397. The predicted octanol–water partition coefficient (Wildman–Crippen LogP) is 4.21. The second kappa shape index (κ2) is 7.90. The Bertz CT molecular complexity index is 1010. The van der Waals surface area contributed by atoms with E-state index in [4.69, 9.17) is 16.3 Å². The van der Waals surface area contributed by atoms with E-state index in [-0.39, 0.29) is 0 Å². The molecule has 1 N–H and O–H groups in total. The average Bonchev–Trinajstić information content (AvgIpc) is 3.16. The Morgan fingerprint density at radius 3 is 2.93 bits per heavy atom. The van der Waals surface area contributed by atoms with Crippen LogP contribution < -0.4 is 10.1 Å². The molecule has 0 aliphatic carbocycles. The monoisotopic (exact) mass is 397 g/mol. The van der Waals surface area contributed by atoms with Crippen LogP contribution in [0.2, 0.25) is 0 Å². The van der Waals surface area contributed by atoms with Crippen molar-refractivity contribution in [3.63, 3.8) is 0 Å². The third-order valence-corrected chi connectivity index (χ3v) is 4.89. The maximum atomic E-state index is 14.6. The van der Waals surface area contributed by atoms with Crippen LogP contribution in [0, 0.1) is 5.95 Å². The SMILES string of the molecule is COc1ccc(CNc2ccc(C(Cl)C3=CN=C4N=CCC=C34)c(F)n2)cn1. The van der Waals surface area contributed by atoms with Crippen LogP contribution in [0.25, 0.3) is 0 Å². The van der Waals surface area contributed by atoms with Gasteiger partial charge < -0.3 is 10.1 Å². The van der Waals surface area contributed by atoms with Gasteiger partial charge in [-0.15, -0.1) is 11.6 Å². The summed E-state index contributed by atoms with van der Waals surface area (Å²) in [4.78, 5) is 16.6. The van der Waals surface area contributed by atoms with E-state index in [1.165, 1.54) is 0 Å². The largest absolute Gasteiger partial charge is 0.481 e. The van der Waals surface area contributed by atoms with Gasteiger partial charge in [-0.25, -0.2) is 20.0 Å². The quantitative estimate of drug-likeness (QED) is 0.585. The van der Waals surface area contributed by atoms with Crippen LogP contribution in [0.15, 0.2) is 63.9 Å². The molecular weight excluding hydrogens is 381 g/mol. The molecule has 0 amide bonds. The number of aliphatic imine (C=N–C) groups is 2. The molecule has 1 atom stereocenters. The van der Waals surface area contributed by atoms with Crippen LogP contribution in [-0.4, -0.2) is 29.1 Å². The molecule has 0 radical (unpaired) electrons. The van der Waals surface area contributed by atoms with Crippen molar-refractivity contribution in [1.82, 2.24) is 9.97 Å². The average molecular weight is 398 g/mol. The van der Waals surface area contributed by atoms with Crippen molar-refractivity contribution < 1.29 is 9.13 Å². The molecule has 0 aromatic carbocycles. The number of anilines is 1. The van der Waals surface area contributed by atoms with Gasteiger partial charge >= 0.3 is 0 Å². The number of halogens is 2. The number of hydrogen-bond donors (Lipinski definition) is 1. The van der Waals surface area contributed by atoms with E-state index in [9.17, 15) is 4.39 Å². The van der Waals surface area contributed by atoms with E-state index in [2.05, 4.69) is 25.3 Å². The minimum Gasteiger partial charge on any atom is -0.481 e. The van der Waals surface area contributed by atoms with E-state index in [0.29, 0.717) is 36.1 Å². The Hall–Kier alpha value is -3.06. The van der Waals surface area contributed by atoms with Crippen molar-refractivity contribution >= 4 is 29.5 Å². The number of alkyl halides is 1. The molecule has 0 fully saturated rings. The lowest BCUT2D eigenvalue weighted by Gasteiger charge is -2.16. The van der Waals surface area contributed by atoms with Crippen LogP contribution in [0.1, 0.15) is 22.9 Å². The van der Waals surface area contributed by atoms with Crippen LogP contribution >= 0.6 is 11.6 Å². The van der Waals surface area contributed by atoms with E-state index in [1.807, 2.05) is 12.1 Å². The number of pyridine rings is 2. The molecule has 1 unspecified atom stereocenters. The van der Waals surface area contributed by atoms with Crippen molar-refractivity contribution in [2.24, 2.45) is 9.98 Å². The summed E-state index contributed by atoms with van der Waals surface area (Å²) in [5.74, 6) is 0.955. The normalized spacial score (nSPS) is 16.0. The van der Waals surface area contributed by atoms with Crippen molar-refractivity contribution in [3.8, 4) is 5.88 Å². The minimum absolute atomic E-state index is 0.302. The molecule has 2 aromatic heterocycles. The number of aromatic nitrogens is 2. The third kappa shape index (κ3) is 3.66. The van der Waals surface area contributed by atoms with Gasteiger partial charge in [-0.2, -0.15) is 4.39 Å². The van der Waals surface area contributed by atoms with Gasteiger partial charge in [0.05, 0.1) is 12.5 Å². The van der Waals surface area contributed by atoms with Crippen molar-refractivity contribution in [3.05, 3.63) is 71.0 Å².